The summed E-state index contributed by atoms with van der Waals surface area (Å²) in [5.74, 6) is 0.642. The third kappa shape index (κ3) is 5.14. The third-order valence-electron chi connectivity index (χ3n) is 2.13. The normalized spacial score (nSPS) is 11.1. The summed E-state index contributed by atoms with van der Waals surface area (Å²) in [6.45, 7) is -0.0560. The van der Waals surface area contributed by atoms with Crippen LogP contribution in [0.2, 0.25) is 0 Å². The molecule has 0 radical (unpaired) electrons. The fraction of sp³-hybridized carbons (Fsp3) is 0.455. The molecule has 0 fully saturated rings. The molecule has 0 amide bonds. The zero-order chi connectivity index (χ0) is 14.3. The number of halogens is 1. The molecule has 0 saturated carbocycles. The summed E-state index contributed by atoms with van der Waals surface area (Å²) in [7, 11) is -2.00. The minimum atomic E-state index is -3.47. The molecule has 0 spiro atoms. The number of nitrogens with one attached hydrogen (secondary N) is 1. The van der Waals surface area contributed by atoms with E-state index in [1.165, 1.54) is 13.2 Å². The van der Waals surface area contributed by atoms with Crippen molar-refractivity contribution in [3.8, 4) is 11.5 Å². The molecule has 6 nitrogen and oxygen atoms in total. The standard InChI is InChI=1S/C11H16ClNO5S/c1-17-10-3-2-9(8-11(10)18-6-5-14)13-19(15,16)7-4-12/h2-3,8,13-14H,4-7H2,1H3. The SMILES string of the molecule is COc1ccc(NS(=O)(=O)CCCl)cc1OCCO. The molecule has 0 aliphatic carbocycles. The molecule has 0 atom stereocenters. The van der Waals surface area contributed by atoms with Crippen LogP contribution in [0.5, 0.6) is 11.5 Å². The molecule has 1 rings (SSSR count). The molecule has 0 unspecified atom stereocenters. The van der Waals surface area contributed by atoms with Gasteiger partial charge in [0, 0.05) is 11.9 Å². The Morgan fingerprint density at radius 2 is 2.11 bits per heavy atom. The molecule has 0 saturated heterocycles. The van der Waals surface area contributed by atoms with Crippen molar-refractivity contribution in [1.29, 1.82) is 0 Å². The van der Waals surface area contributed by atoms with Crippen molar-refractivity contribution >= 4 is 27.3 Å². The summed E-state index contributed by atoms with van der Waals surface area (Å²) in [6, 6.07) is 4.61. The Hall–Kier alpha value is -1.18. The topological polar surface area (TPSA) is 84.9 Å². The van der Waals surface area contributed by atoms with Crippen molar-refractivity contribution < 1.29 is 23.0 Å². The van der Waals surface area contributed by atoms with Gasteiger partial charge in [0.15, 0.2) is 11.5 Å². The van der Waals surface area contributed by atoms with Crippen LogP contribution in [0.4, 0.5) is 5.69 Å². The number of alkyl halides is 1. The largest absolute Gasteiger partial charge is 0.493 e. The van der Waals surface area contributed by atoms with Crippen molar-refractivity contribution in [2.24, 2.45) is 0 Å². The highest BCUT2D eigenvalue weighted by atomic mass is 35.5. The van der Waals surface area contributed by atoms with Gasteiger partial charge in [-0.15, -0.1) is 11.6 Å². The number of hydrogen-bond donors (Lipinski definition) is 2. The van der Waals surface area contributed by atoms with Crippen molar-refractivity contribution in [3.63, 3.8) is 0 Å². The Labute approximate surface area is 117 Å². The molecular weight excluding hydrogens is 294 g/mol. The lowest BCUT2D eigenvalue weighted by Gasteiger charge is -2.12. The lowest BCUT2D eigenvalue weighted by Crippen LogP contribution is -2.17. The van der Waals surface area contributed by atoms with Gasteiger partial charge in [-0.3, -0.25) is 4.72 Å². The Morgan fingerprint density at radius 3 is 2.68 bits per heavy atom. The first-order valence-corrected chi connectivity index (χ1v) is 7.69. The number of hydrogen-bond acceptors (Lipinski definition) is 5. The van der Waals surface area contributed by atoms with Crippen molar-refractivity contribution in [2.75, 3.05) is 36.7 Å². The predicted molar refractivity (Wildman–Crippen MR) is 73.7 cm³/mol. The maximum Gasteiger partial charge on any atom is 0.233 e. The predicted octanol–water partition coefficient (Wildman–Crippen LogP) is 1.05. The van der Waals surface area contributed by atoms with E-state index in [2.05, 4.69) is 4.72 Å². The van der Waals surface area contributed by atoms with Gasteiger partial charge < -0.3 is 14.6 Å². The van der Waals surface area contributed by atoms with Crippen LogP contribution < -0.4 is 14.2 Å². The summed E-state index contributed by atoms with van der Waals surface area (Å²) in [4.78, 5) is 0. The van der Waals surface area contributed by atoms with Crippen LogP contribution in [0.25, 0.3) is 0 Å². The summed E-state index contributed by atoms with van der Waals surface area (Å²) in [5.41, 5.74) is 0.346. The van der Waals surface area contributed by atoms with E-state index in [1.807, 2.05) is 0 Å². The number of sulfonamides is 1. The van der Waals surface area contributed by atoms with Gasteiger partial charge in [-0.05, 0) is 12.1 Å². The van der Waals surface area contributed by atoms with Gasteiger partial charge in [-0.1, -0.05) is 0 Å². The van der Waals surface area contributed by atoms with Crippen LogP contribution >= 0.6 is 11.6 Å². The van der Waals surface area contributed by atoms with E-state index < -0.39 is 10.0 Å². The van der Waals surface area contributed by atoms with Crippen LogP contribution in [0.15, 0.2) is 18.2 Å². The summed E-state index contributed by atoms with van der Waals surface area (Å²) in [6.07, 6.45) is 0. The zero-order valence-electron chi connectivity index (χ0n) is 10.4. The van der Waals surface area contributed by atoms with Crippen LogP contribution in [0.1, 0.15) is 0 Å². The number of rotatable bonds is 8. The van der Waals surface area contributed by atoms with E-state index in [4.69, 9.17) is 26.2 Å². The maximum absolute atomic E-state index is 11.6. The average molecular weight is 310 g/mol. The quantitative estimate of drug-likeness (QED) is 0.701. The molecule has 1 aromatic carbocycles. The lowest BCUT2D eigenvalue weighted by molar-refractivity contribution is 0.196. The molecule has 1 aromatic rings. The first kappa shape index (κ1) is 15.9. The van der Waals surface area contributed by atoms with Crippen LogP contribution in [-0.4, -0.2) is 45.5 Å². The van der Waals surface area contributed by atoms with Gasteiger partial charge in [0.25, 0.3) is 0 Å². The summed E-state index contributed by atoms with van der Waals surface area (Å²) < 4.78 is 35.8. The van der Waals surface area contributed by atoms with Crippen LogP contribution in [0.3, 0.4) is 0 Å². The number of ether oxygens (including phenoxy) is 2. The maximum atomic E-state index is 11.6. The Kier molecular flexibility index (Phi) is 6.20. The van der Waals surface area contributed by atoms with E-state index in [9.17, 15) is 8.42 Å². The molecule has 0 aliphatic heterocycles. The first-order chi connectivity index (χ1) is 9.02. The average Bonchev–Trinajstić information content (AvgIpc) is 2.36. The second kappa shape index (κ2) is 7.42. The molecule has 0 bridgehead atoms. The summed E-state index contributed by atoms with van der Waals surface area (Å²) in [5, 5.41) is 8.72. The molecule has 19 heavy (non-hydrogen) atoms. The summed E-state index contributed by atoms with van der Waals surface area (Å²) >= 11 is 5.41. The monoisotopic (exact) mass is 309 g/mol. The fourth-order valence-electron chi connectivity index (χ4n) is 1.34. The number of anilines is 1. The van der Waals surface area contributed by atoms with Crippen LogP contribution in [0, 0.1) is 0 Å². The minimum Gasteiger partial charge on any atom is -0.493 e. The zero-order valence-corrected chi connectivity index (χ0v) is 12.0. The molecule has 0 aliphatic rings. The Morgan fingerprint density at radius 1 is 1.37 bits per heavy atom. The third-order valence-corrected chi connectivity index (χ3v) is 3.83. The van der Waals surface area contributed by atoms with Gasteiger partial charge in [0.05, 0.1) is 25.2 Å². The fourth-order valence-corrected chi connectivity index (χ4v) is 2.74. The number of aliphatic hydroxyl groups is 1. The number of methoxy groups -OCH3 is 1. The van der Waals surface area contributed by atoms with Crippen molar-refractivity contribution in [2.45, 2.75) is 0 Å². The van der Waals surface area contributed by atoms with Gasteiger partial charge in [0.2, 0.25) is 10.0 Å². The molecule has 0 heterocycles. The molecule has 108 valence electrons. The number of aliphatic hydroxyl groups excluding tert-OH is 1. The molecule has 8 heteroatoms. The van der Waals surface area contributed by atoms with Gasteiger partial charge in [-0.25, -0.2) is 8.42 Å². The highest BCUT2D eigenvalue weighted by Gasteiger charge is 2.12. The highest BCUT2D eigenvalue weighted by Crippen LogP contribution is 2.30. The lowest BCUT2D eigenvalue weighted by atomic mass is 10.3. The Bertz CT molecular complexity index is 506. The van der Waals surface area contributed by atoms with Gasteiger partial charge >= 0.3 is 0 Å². The van der Waals surface area contributed by atoms with E-state index in [1.54, 1.807) is 12.1 Å². The van der Waals surface area contributed by atoms with Gasteiger partial charge in [0.1, 0.15) is 6.61 Å². The van der Waals surface area contributed by atoms with E-state index in [0.717, 1.165) is 0 Å². The second-order valence-corrected chi connectivity index (χ2v) is 5.77. The second-order valence-electron chi connectivity index (χ2n) is 3.55. The smallest absolute Gasteiger partial charge is 0.233 e. The van der Waals surface area contributed by atoms with E-state index in [0.29, 0.717) is 17.2 Å². The van der Waals surface area contributed by atoms with Crippen molar-refractivity contribution in [1.82, 2.24) is 0 Å². The molecular formula is C11H16ClNO5S. The van der Waals surface area contributed by atoms with E-state index >= 15 is 0 Å². The Balaban J connectivity index is 2.91. The molecule has 0 aromatic heterocycles. The molecule has 2 N–H and O–H groups in total. The van der Waals surface area contributed by atoms with Crippen molar-refractivity contribution in [3.05, 3.63) is 18.2 Å². The van der Waals surface area contributed by atoms with E-state index in [-0.39, 0.29) is 24.8 Å². The highest BCUT2D eigenvalue weighted by molar-refractivity contribution is 7.92. The van der Waals surface area contributed by atoms with Gasteiger partial charge in [-0.2, -0.15) is 0 Å². The first-order valence-electron chi connectivity index (χ1n) is 5.50. The minimum absolute atomic E-state index is 0.0133. The van der Waals surface area contributed by atoms with Crippen LogP contribution in [-0.2, 0) is 10.0 Å². The number of benzene rings is 1.